The van der Waals surface area contributed by atoms with Crippen LogP contribution in [-0.2, 0) is 0 Å². The lowest BCUT2D eigenvalue weighted by molar-refractivity contribution is 0.0990. The predicted molar refractivity (Wildman–Crippen MR) is 159 cm³/mol. The van der Waals surface area contributed by atoms with E-state index < -0.39 is 0 Å². The van der Waals surface area contributed by atoms with Crippen LogP contribution in [0.2, 0.25) is 0 Å². The van der Waals surface area contributed by atoms with E-state index in [9.17, 15) is 9.59 Å². The van der Waals surface area contributed by atoms with Gasteiger partial charge in [-0.25, -0.2) is 0 Å². The van der Waals surface area contributed by atoms with Crippen LogP contribution in [0.25, 0.3) is 27.6 Å². The number of para-hydroxylation sites is 1. The molecule has 0 unspecified atom stereocenters. The highest BCUT2D eigenvalue weighted by Crippen LogP contribution is 2.40. The fourth-order valence-corrected chi connectivity index (χ4v) is 5.46. The molecule has 1 aliphatic carbocycles. The van der Waals surface area contributed by atoms with E-state index in [1.807, 2.05) is 18.2 Å². The number of Topliss-reactive ketones (excluding diaryl/α,β-unsaturated/α-hetero) is 2. The molecule has 0 aliphatic heterocycles. The van der Waals surface area contributed by atoms with Crippen molar-refractivity contribution in [3.63, 3.8) is 0 Å². The molecule has 184 valence electrons. The SMILES string of the molecule is O=C1C(=Cc2ccc3cc(N(c4ccccc4)c4cccc5ccccc45)ccc3c2)C(=O)c2ccccc21. The van der Waals surface area contributed by atoms with E-state index in [0.717, 1.165) is 33.4 Å². The Labute approximate surface area is 226 Å². The first-order chi connectivity index (χ1) is 19.2. The molecule has 0 fully saturated rings. The van der Waals surface area contributed by atoms with Crippen LogP contribution in [0.1, 0.15) is 26.3 Å². The van der Waals surface area contributed by atoms with Crippen LogP contribution in [0.3, 0.4) is 0 Å². The van der Waals surface area contributed by atoms with Crippen molar-refractivity contribution in [2.24, 2.45) is 0 Å². The van der Waals surface area contributed by atoms with Crippen molar-refractivity contribution in [3.8, 4) is 0 Å². The summed E-state index contributed by atoms with van der Waals surface area (Å²) in [5.41, 5.74) is 5.24. The van der Waals surface area contributed by atoms with Gasteiger partial charge in [0.05, 0.1) is 11.3 Å². The number of anilines is 3. The summed E-state index contributed by atoms with van der Waals surface area (Å²) in [7, 11) is 0. The van der Waals surface area contributed by atoms with Crippen molar-refractivity contribution < 1.29 is 9.59 Å². The average molecular weight is 502 g/mol. The number of carbonyl (C=O) groups excluding carboxylic acids is 2. The van der Waals surface area contributed by atoms with E-state index >= 15 is 0 Å². The van der Waals surface area contributed by atoms with Gasteiger partial charge in [-0.05, 0) is 64.2 Å². The number of rotatable bonds is 4. The van der Waals surface area contributed by atoms with Crippen LogP contribution >= 0.6 is 0 Å². The Morgan fingerprint density at radius 2 is 1.13 bits per heavy atom. The molecule has 39 heavy (non-hydrogen) atoms. The Morgan fingerprint density at radius 1 is 0.487 bits per heavy atom. The molecular formula is C36H23NO2. The summed E-state index contributed by atoms with van der Waals surface area (Å²) < 4.78 is 0. The van der Waals surface area contributed by atoms with Crippen LogP contribution in [0.4, 0.5) is 17.1 Å². The molecule has 6 aromatic rings. The quantitative estimate of drug-likeness (QED) is 0.179. The van der Waals surface area contributed by atoms with Gasteiger partial charge in [0.25, 0.3) is 0 Å². The van der Waals surface area contributed by atoms with Gasteiger partial charge < -0.3 is 4.90 Å². The van der Waals surface area contributed by atoms with Crippen molar-refractivity contribution >= 4 is 56.2 Å². The molecule has 0 atom stereocenters. The van der Waals surface area contributed by atoms with Crippen LogP contribution in [-0.4, -0.2) is 11.6 Å². The molecule has 0 saturated carbocycles. The summed E-state index contributed by atoms with van der Waals surface area (Å²) in [6, 6.07) is 44.6. The summed E-state index contributed by atoms with van der Waals surface area (Å²) >= 11 is 0. The Hall–Kier alpha value is -5.28. The van der Waals surface area contributed by atoms with Gasteiger partial charge in [-0.2, -0.15) is 0 Å². The first-order valence-electron chi connectivity index (χ1n) is 12.9. The van der Waals surface area contributed by atoms with Gasteiger partial charge in [-0.1, -0.05) is 97.1 Å². The highest BCUT2D eigenvalue weighted by molar-refractivity contribution is 6.41. The maximum Gasteiger partial charge on any atom is 0.197 e. The van der Waals surface area contributed by atoms with Crippen LogP contribution in [0, 0.1) is 0 Å². The molecule has 0 aromatic heterocycles. The normalized spacial score (nSPS) is 12.7. The molecule has 6 aromatic carbocycles. The minimum atomic E-state index is -0.209. The standard InChI is InChI=1S/C36H23NO2/c38-35-31-14-6-7-15-32(31)36(39)33(35)22-24-17-18-27-23-29(20-19-26(27)21-24)37(28-11-2-1-3-12-28)34-16-8-10-25-9-4-5-13-30(25)34/h1-23H. The summed E-state index contributed by atoms with van der Waals surface area (Å²) in [6.45, 7) is 0. The molecule has 3 nitrogen and oxygen atoms in total. The average Bonchev–Trinajstić information content (AvgIpc) is 3.23. The maximum absolute atomic E-state index is 12.9. The summed E-state index contributed by atoms with van der Waals surface area (Å²) in [6.07, 6.45) is 1.71. The Balaban J connectivity index is 1.31. The molecule has 0 bridgehead atoms. The van der Waals surface area contributed by atoms with Gasteiger partial charge in [-0.15, -0.1) is 0 Å². The topological polar surface area (TPSA) is 37.4 Å². The van der Waals surface area contributed by atoms with Crippen molar-refractivity contribution in [3.05, 3.63) is 156 Å². The minimum absolute atomic E-state index is 0.209. The Morgan fingerprint density at radius 3 is 1.92 bits per heavy atom. The number of hydrogen-bond donors (Lipinski definition) is 0. The minimum Gasteiger partial charge on any atom is -0.310 e. The second-order valence-corrected chi connectivity index (χ2v) is 9.72. The van der Waals surface area contributed by atoms with E-state index in [2.05, 4.69) is 95.9 Å². The van der Waals surface area contributed by atoms with Crippen molar-refractivity contribution in [1.82, 2.24) is 0 Å². The molecule has 0 N–H and O–H groups in total. The lowest BCUT2D eigenvalue weighted by Gasteiger charge is -2.27. The first kappa shape index (κ1) is 22.9. The predicted octanol–water partition coefficient (Wildman–Crippen LogP) is 8.93. The van der Waals surface area contributed by atoms with E-state index in [1.165, 1.54) is 10.8 Å². The summed E-state index contributed by atoms with van der Waals surface area (Å²) in [5.74, 6) is -0.417. The number of allylic oxidation sites excluding steroid dienone is 1. The van der Waals surface area contributed by atoms with Crippen molar-refractivity contribution in [1.29, 1.82) is 0 Å². The van der Waals surface area contributed by atoms with Gasteiger partial charge in [0, 0.05) is 27.9 Å². The van der Waals surface area contributed by atoms with E-state index in [-0.39, 0.29) is 17.1 Å². The third kappa shape index (κ3) is 3.92. The van der Waals surface area contributed by atoms with Gasteiger partial charge in [0.1, 0.15) is 0 Å². The van der Waals surface area contributed by atoms with E-state index in [4.69, 9.17) is 0 Å². The van der Waals surface area contributed by atoms with Crippen molar-refractivity contribution in [2.45, 2.75) is 0 Å². The number of carbonyl (C=O) groups is 2. The molecular weight excluding hydrogens is 478 g/mol. The maximum atomic E-state index is 12.9. The number of fused-ring (bicyclic) bond motifs is 3. The smallest absolute Gasteiger partial charge is 0.197 e. The fraction of sp³-hybridized carbons (Fsp3) is 0. The van der Waals surface area contributed by atoms with Gasteiger partial charge in [0.2, 0.25) is 0 Å². The van der Waals surface area contributed by atoms with E-state index in [0.29, 0.717) is 11.1 Å². The molecule has 0 saturated heterocycles. The number of nitrogens with zero attached hydrogens (tertiary/aromatic N) is 1. The van der Waals surface area contributed by atoms with Gasteiger partial charge in [-0.3, -0.25) is 9.59 Å². The molecule has 0 heterocycles. The zero-order valence-corrected chi connectivity index (χ0v) is 21.0. The van der Waals surface area contributed by atoms with Crippen LogP contribution < -0.4 is 4.90 Å². The second kappa shape index (κ2) is 9.23. The highest BCUT2D eigenvalue weighted by atomic mass is 16.2. The third-order valence-corrected chi connectivity index (χ3v) is 7.34. The molecule has 1 aliphatic rings. The highest BCUT2D eigenvalue weighted by Gasteiger charge is 2.32. The number of hydrogen-bond acceptors (Lipinski definition) is 3. The molecule has 0 amide bonds. The van der Waals surface area contributed by atoms with Gasteiger partial charge in [0.15, 0.2) is 11.6 Å². The van der Waals surface area contributed by atoms with Crippen LogP contribution in [0.15, 0.2) is 139 Å². The summed E-state index contributed by atoms with van der Waals surface area (Å²) in [4.78, 5) is 28.0. The Bertz CT molecular complexity index is 1910. The third-order valence-electron chi connectivity index (χ3n) is 7.34. The second-order valence-electron chi connectivity index (χ2n) is 9.72. The lowest BCUT2D eigenvalue weighted by atomic mass is 10.0. The number of ketones is 2. The molecule has 3 heteroatoms. The first-order valence-corrected chi connectivity index (χ1v) is 12.9. The zero-order valence-electron chi connectivity index (χ0n) is 21.0. The van der Waals surface area contributed by atoms with E-state index in [1.54, 1.807) is 30.3 Å². The molecule has 0 radical (unpaired) electrons. The fourth-order valence-electron chi connectivity index (χ4n) is 5.46. The monoisotopic (exact) mass is 501 g/mol. The largest absolute Gasteiger partial charge is 0.310 e. The molecule has 0 spiro atoms. The van der Waals surface area contributed by atoms with Crippen molar-refractivity contribution in [2.75, 3.05) is 4.90 Å². The molecule has 7 rings (SSSR count). The zero-order chi connectivity index (χ0) is 26.3. The Kier molecular flexibility index (Phi) is 5.42. The summed E-state index contributed by atoms with van der Waals surface area (Å²) in [5, 5.41) is 4.47. The van der Waals surface area contributed by atoms with Gasteiger partial charge >= 0.3 is 0 Å². The van der Waals surface area contributed by atoms with Crippen LogP contribution in [0.5, 0.6) is 0 Å². The number of benzene rings is 6. The lowest BCUT2D eigenvalue weighted by Crippen LogP contribution is -2.10.